The molecule has 0 saturated heterocycles. The van der Waals surface area contributed by atoms with Crippen LogP contribution in [-0.2, 0) is 9.59 Å². The first-order valence-corrected chi connectivity index (χ1v) is 5.65. The Hall–Kier alpha value is -1.79. The number of hydrogen-bond acceptors (Lipinski definition) is 3. The molecule has 3 amide bonds. The average molecular weight is 259 g/mol. The van der Waals surface area contributed by atoms with E-state index in [1.165, 1.54) is 0 Å². The summed E-state index contributed by atoms with van der Waals surface area (Å²) in [7, 11) is 0. The molecule has 0 aliphatic carbocycles. The van der Waals surface area contributed by atoms with Gasteiger partial charge in [-0.05, 0) is 19.8 Å². The summed E-state index contributed by atoms with van der Waals surface area (Å²) in [5.41, 5.74) is 4.10. The molecule has 5 N–H and O–H groups in total. The largest absolute Gasteiger partial charge is 0.481 e. The molecule has 18 heavy (non-hydrogen) atoms. The highest BCUT2D eigenvalue weighted by Crippen LogP contribution is 2.10. The number of hydrogen-bond donors (Lipinski definition) is 4. The van der Waals surface area contributed by atoms with Gasteiger partial charge in [-0.15, -0.1) is 0 Å². The lowest BCUT2D eigenvalue weighted by atomic mass is 9.97. The van der Waals surface area contributed by atoms with Crippen molar-refractivity contribution >= 4 is 17.9 Å². The topological polar surface area (TPSA) is 122 Å². The number of carboxylic acids is 1. The second-order valence-corrected chi connectivity index (χ2v) is 5.17. The van der Waals surface area contributed by atoms with Gasteiger partial charge in [-0.25, -0.2) is 4.79 Å². The highest BCUT2D eigenvalue weighted by molar-refractivity contribution is 5.87. The Kier molecular flexibility index (Phi) is 5.61. The van der Waals surface area contributed by atoms with E-state index in [-0.39, 0.29) is 12.3 Å². The molecule has 0 spiro atoms. The predicted octanol–water partition coefficient (Wildman–Crippen LogP) is 0.0488. The van der Waals surface area contributed by atoms with Gasteiger partial charge < -0.3 is 21.5 Å². The zero-order chi connectivity index (χ0) is 14.5. The van der Waals surface area contributed by atoms with Crippen LogP contribution in [0.3, 0.4) is 0 Å². The van der Waals surface area contributed by atoms with Crippen molar-refractivity contribution in [1.29, 1.82) is 0 Å². The van der Waals surface area contributed by atoms with E-state index in [4.69, 9.17) is 10.8 Å². The molecule has 0 aromatic rings. The quantitative estimate of drug-likeness (QED) is 0.538. The van der Waals surface area contributed by atoms with E-state index in [1.54, 1.807) is 27.7 Å². The van der Waals surface area contributed by atoms with Crippen LogP contribution >= 0.6 is 0 Å². The Balaban J connectivity index is 4.69. The van der Waals surface area contributed by atoms with Crippen molar-refractivity contribution in [1.82, 2.24) is 10.6 Å². The van der Waals surface area contributed by atoms with Gasteiger partial charge in [-0.1, -0.05) is 13.8 Å². The molecular formula is C11H21N3O4. The summed E-state index contributed by atoms with van der Waals surface area (Å²) in [5.74, 6) is -1.61. The SMILES string of the molecule is CC(C)C(NC(N)=O)C(=O)NC(C)(C)CC(=O)O. The summed E-state index contributed by atoms with van der Waals surface area (Å²) in [6.07, 6.45) is -0.208. The number of nitrogens with one attached hydrogen (secondary N) is 2. The van der Waals surface area contributed by atoms with E-state index in [9.17, 15) is 14.4 Å². The number of amides is 3. The Labute approximate surface area is 106 Å². The zero-order valence-corrected chi connectivity index (χ0v) is 11.1. The number of carboxylic acid groups (broad SMARTS) is 1. The summed E-state index contributed by atoms with van der Waals surface area (Å²) < 4.78 is 0. The minimum absolute atomic E-state index is 0.155. The van der Waals surface area contributed by atoms with Gasteiger partial charge in [0.15, 0.2) is 0 Å². The van der Waals surface area contributed by atoms with E-state index in [2.05, 4.69) is 10.6 Å². The van der Waals surface area contributed by atoms with Crippen molar-refractivity contribution in [3.8, 4) is 0 Å². The van der Waals surface area contributed by atoms with Gasteiger partial charge in [0.25, 0.3) is 0 Å². The van der Waals surface area contributed by atoms with Gasteiger partial charge in [-0.3, -0.25) is 9.59 Å². The average Bonchev–Trinajstić information content (AvgIpc) is 2.09. The molecule has 7 nitrogen and oxygen atoms in total. The Morgan fingerprint density at radius 3 is 2.11 bits per heavy atom. The van der Waals surface area contributed by atoms with E-state index < -0.39 is 29.5 Å². The first kappa shape index (κ1) is 16.2. The van der Waals surface area contributed by atoms with E-state index in [0.717, 1.165) is 0 Å². The molecule has 0 aliphatic rings. The third-order valence-electron chi connectivity index (χ3n) is 2.30. The molecule has 0 fully saturated rings. The lowest BCUT2D eigenvalue weighted by Crippen LogP contribution is -2.56. The summed E-state index contributed by atoms with van der Waals surface area (Å²) >= 11 is 0. The fourth-order valence-electron chi connectivity index (χ4n) is 1.52. The van der Waals surface area contributed by atoms with Crippen LogP contribution < -0.4 is 16.4 Å². The summed E-state index contributed by atoms with van der Waals surface area (Å²) in [6.45, 7) is 6.70. The summed E-state index contributed by atoms with van der Waals surface area (Å²) in [4.78, 5) is 33.4. The van der Waals surface area contributed by atoms with E-state index in [0.29, 0.717) is 0 Å². The van der Waals surface area contributed by atoms with Crippen LogP contribution in [0.25, 0.3) is 0 Å². The molecule has 0 radical (unpaired) electrons. The monoisotopic (exact) mass is 259 g/mol. The van der Waals surface area contributed by atoms with Crippen LogP contribution in [0.15, 0.2) is 0 Å². The molecule has 0 saturated carbocycles. The summed E-state index contributed by atoms with van der Waals surface area (Å²) in [5, 5.41) is 13.6. The Bertz CT molecular complexity index is 339. The van der Waals surface area contributed by atoms with Gasteiger partial charge in [0, 0.05) is 5.54 Å². The van der Waals surface area contributed by atoms with Crippen LogP contribution in [-0.4, -0.2) is 34.6 Å². The standard InChI is InChI=1S/C11H21N3O4/c1-6(2)8(13-10(12)18)9(17)14-11(3,4)5-7(15)16/h6,8H,5H2,1-4H3,(H,14,17)(H,15,16)(H3,12,13,18). The Morgan fingerprint density at radius 1 is 1.28 bits per heavy atom. The molecule has 0 heterocycles. The highest BCUT2D eigenvalue weighted by atomic mass is 16.4. The number of nitrogens with two attached hydrogens (primary N) is 1. The van der Waals surface area contributed by atoms with Crippen LogP contribution in [0, 0.1) is 5.92 Å². The number of urea groups is 1. The van der Waals surface area contributed by atoms with Crippen molar-refractivity contribution in [2.24, 2.45) is 11.7 Å². The first-order chi connectivity index (χ1) is 8.05. The maximum Gasteiger partial charge on any atom is 0.312 e. The number of carbonyl (C=O) groups is 3. The van der Waals surface area contributed by atoms with Crippen LogP contribution in [0.1, 0.15) is 34.1 Å². The number of rotatable bonds is 6. The van der Waals surface area contributed by atoms with Gasteiger partial charge in [-0.2, -0.15) is 0 Å². The summed E-state index contributed by atoms with van der Waals surface area (Å²) in [6, 6.07) is -1.57. The van der Waals surface area contributed by atoms with Crippen LogP contribution in [0.4, 0.5) is 4.79 Å². The molecule has 0 bridgehead atoms. The first-order valence-electron chi connectivity index (χ1n) is 5.65. The number of aliphatic carboxylic acids is 1. The molecule has 104 valence electrons. The smallest absolute Gasteiger partial charge is 0.312 e. The minimum atomic E-state index is -1.01. The zero-order valence-electron chi connectivity index (χ0n) is 11.1. The lowest BCUT2D eigenvalue weighted by molar-refractivity contribution is -0.138. The minimum Gasteiger partial charge on any atom is -0.481 e. The van der Waals surface area contributed by atoms with Gasteiger partial charge in [0.05, 0.1) is 6.42 Å². The molecule has 0 aromatic heterocycles. The highest BCUT2D eigenvalue weighted by Gasteiger charge is 2.30. The van der Waals surface area contributed by atoms with Crippen molar-refractivity contribution < 1.29 is 19.5 Å². The van der Waals surface area contributed by atoms with E-state index >= 15 is 0 Å². The molecular weight excluding hydrogens is 238 g/mol. The van der Waals surface area contributed by atoms with Crippen molar-refractivity contribution in [3.63, 3.8) is 0 Å². The van der Waals surface area contributed by atoms with Gasteiger partial charge in [0.1, 0.15) is 6.04 Å². The lowest BCUT2D eigenvalue weighted by Gasteiger charge is -2.28. The maximum atomic E-state index is 11.9. The fourth-order valence-corrected chi connectivity index (χ4v) is 1.52. The van der Waals surface area contributed by atoms with E-state index in [1.807, 2.05) is 0 Å². The van der Waals surface area contributed by atoms with Crippen molar-refractivity contribution in [3.05, 3.63) is 0 Å². The molecule has 0 aromatic carbocycles. The molecule has 1 atom stereocenters. The molecule has 0 aliphatic heterocycles. The van der Waals surface area contributed by atoms with Crippen molar-refractivity contribution in [2.45, 2.75) is 45.7 Å². The second-order valence-electron chi connectivity index (χ2n) is 5.17. The third kappa shape index (κ3) is 6.07. The Morgan fingerprint density at radius 2 is 1.78 bits per heavy atom. The van der Waals surface area contributed by atoms with Gasteiger partial charge >= 0.3 is 12.0 Å². The molecule has 1 unspecified atom stereocenters. The second kappa shape index (κ2) is 6.23. The fraction of sp³-hybridized carbons (Fsp3) is 0.727. The normalized spacial score (nSPS) is 12.9. The number of primary amides is 1. The molecule has 0 rings (SSSR count). The third-order valence-corrected chi connectivity index (χ3v) is 2.30. The van der Waals surface area contributed by atoms with Gasteiger partial charge in [0.2, 0.25) is 5.91 Å². The maximum absolute atomic E-state index is 11.9. The van der Waals surface area contributed by atoms with Crippen LogP contribution in [0.2, 0.25) is 0 Å². The molecule has 7 heteroatoms. The number of carbonyl (C=O) groups excluding carboxylic acids is 2. The van der Waals surface area contributed by atoms with Crippen LogP contribution in [0.5, 0.6) is 0 Å². The van der Waals surface area contributed by atoms with Crippen molar-refractivity contribution in [2.75, 3.05) is 0 Å². The predicted molar refractivity (Wildman–Crippen MR) is 65.8 cm³/mol.